The molecule has 2 aromatic heterocycles. The Morgan fingerprint density at radius 3 is 2.40 bits per heavy atom. The maximum Gasteiger partial charge on any atom is 0.258 e. The molecule has 4 aromatic rings. The Morgan fingerprint density at radius 2 is 1.76 bits per heavy atom. The van der Waals surface area contributed by atoms with E-state index in [0.717, 1.165) is 30.2 Å². The summed E-state index contributed by atoms with van der Waals surface area (Å²) in [4.78, 5) is 19.5. The van der Waals surface area contributed by atoms with Gasteiger partial charge in [0.15, 0.2) is 0 Å². The van der Waals surface area contributed by atoms with Crippen molar-refractivity contribution in [3.63, 3.8) is 0 Å². The van der Waals surface area contributed by atoms with Crippen molar-refractivity contribution < 1.29 is 31.5 Å². The van der Waals surface area contributed by atoms with Gasteiger partial charge in [-0.2, -0.15) is 0 Å². The third-order valence-electron chi connectivity index (χ3n) is 7.76. The molecule has 0 unspecified atom stereocenters. The molecule has 1 aliphatic rings. The average molecular weight is 658 g/mol. The Morgan fingerprint density at radius 1 is 1.04 bits per heavy atom. The lowest BCUT2D eigenvalue weighted by Crippen LogP contribution is -2.34. The van der Waals surface area contributed by atoms with Crippen LogP contribution in [0.3, 0.4) is 0 Å². The number of amides is 1. The number of ether oxygens (including phenoxy) is 2. The lowest BCUT2D eigenvalue weighted by atomic mass is 10.00. The summed E-state index contributed by atoms with van der Waals surface area (Å²) in [5.41, 5.74) is 3.56. The second-order valence-corrected chi connectivity index (χ2v) is 13.3. The summed E-state index contributed by atoms with van der Waals surface area (Å²) in [6.45, 7) is 6.00. The Kier molecular flexibility index (Phi) is 10.4. The number of halogens is 2. The third kappa shape index (κ3) is 7.84. The van der Waals surface area contributed by atoms with Crippen molar-refractivity contribution in [2.24, 2.45) is 0 Å². The van der Waals surface area contributed by atoms with Gasteiger partial charge < -0.3 is 18.8 Å². The van der Waals surface area contributed by atoms with Crippen LogP contribution < -0.4 is 4.31 Å². The van der Waals surface area contributed by atoms with Crippen molar-refractivity contribution in [1.82, 2.24) is 9.88 Å². The van der Waals surface area contributed by atoms with Crippen molar-refractivity contribution in [2.45, 2.75) is 39.2 Å². The predicted octanol–water partition coefficient (Wildman–Crippen LogP) is 6.65. The van der Waals surface area contributed by atoms with Crippen LogP contribution in [0.1, 0.15) is 54.1 Å². The average Bonchev–Trinajstić information content (AvgIpc) is 3.78. The summed E-state index contributed by atoms with van der Waals surface area (Å²) >= 11 is 5.91. The molecule has 1 amide bonds. The number of rotatable bonds is 15. The van der Waals surface area contributed by atoms with E-state index in [0.29, 0.717) is 65.0 Å². The highest BCUT2D eigenvalue weighted by Gasteiger charge is 2.33. The number of aromatic nitrogens is 1. The maximum atomic E-state index is 13.8. The van der Waals surface area contributed by atoms with E-state index in [9.17, 15) is 17.6 Å². The van der Waals surface area contributed by atoms with Crippen LogP contribution in [0.25, 0.3) is 22.3 Å². The standard InChI is InChI=1S/C33H37ClFN3O6S/c1-4-37(5-2)33(39)31-27-19-26(23-6-7-23)28(20-29(27)44-32(31)24-8-10-25(35)11-9-24)38(45(3,40)41)14-15-42-16-17-43-21-22-12-13-36-30(34)18-22/h8-13,18-20,23H,4-7,14-17,21H2,1-3H3. The van der Waals surface area contributed by atoms with Crippen molar-refractivity contribution in [2.75, 3.05) is 50.0 Å². The predicted molar refractivity (Wildman–Crippen MR) is 173 cm³/mol. The smallest absolute Gasteiger partial charge is 0.258 e. The fourth-order valence-electron chi connectivity index (χ4n) is 5.33. The Balaban J connectivity index is 1.42. The van der Waals surface area contributed by atoms with Crippen LogP contribution in [-0.2, 0) is 26.1 Å². The quantitative estimate of drug-likeness (QED) is 0.104. The number of fused-ring (bicyclic) bond motifs is 1. The summed E-state index contributed by atoms with van der Waals surface area (Å²) in [7, 11) is -3.71. The van der Waals surface area contributed by atoms with E-state index < -0.39 is 15.8 Å². The van der Waals surface area contributed by atoms with Gasteiger partial charge in [-0.25, -0.2) is 17.8 Å². The Hall–Kier alpha value is -3.51. The minimum absolute atomic E-state index is 0.0841. The number of sulfonamides is 1. The second kappa shape index (κ2) is 14.3. The van der Waals surface area contributed by atoms with Crippen LogP contribution in [0.4, 0.5) is 10.1 Å². The Bertz CT molecular complexity index is 1750. The molecule has 2 heterocycles. The van der Waals surface area contributed by atoms with Gasteiger partial charge >= 0.3 is 0 Å². The molecule has 1 saturated carbocycles. The number of anilines is 1. The van der Waals surface area contributed by atoms with E-state index in [2.05, 4.69) is 4.98 Å². The Labute approximate surface area is 267 Å². The van der Waals surface area contributed by atoms with Crippen LogP contribution >= 0.6 is 11.6 Å². The lowest BCUT2D eigenvalue weighted by molar-refractivity contribution is 0.0435. The molecule has 0 atom stereocenters. The summed E-state index contributed by atoms with van der Waals surface area (Å²) in [5.74, 6) is -0.120. The molecule has 0 N–H and O–H groups in total. The van der Waals surface area contributed by atoms with Crippen LogP contribution in [0.5, 0.6) is 0 Å². The summed E-state index contributed by atoms with van der Waals surface area (Å²) < 4.78 is 59.1. The maximum absolute atomic E-state index is 13.8. The lowest BCUT2D eigenvalue weighted by Gasteiger charge is -2.25. The number of hydrogen-bond acceptors (Lipinski definition) is 7. The highest BCUT2D eigenvalue weighted by Crippen LogP contribution is 2.48. The van der Waals surface area contributed by atoms with E-state index in [-0.39, 0.29) is 31.6 Å². The highest BCUT2D eigenvalue weighted by molar-refractivity contribution is 7.92. The number of carbonyl (C=O) groups is 1. The normalized spacial score (nSPS) is 13.4. The molecule has 0 radical (unpaired) electrons. The zero-order chi connectivity index (χ0) is 32.1. The molecule has 0 bridgehead atoms. The van der Waals surface area contributed by atoms with Gasteiger partial charge in [0.05, 0.1) is 50.5 Å². The van der Waals surface area contributed by atoms with Crippen molar-refractivity contribution in [3.05, 3.63) is 82.4 Å². The first-order chi connectivity index (χ1) is 21.6. The van der Waals surface area contributed by atoms with Gasteiger partial charge in [0.1, 0.15) is 22.3 Å². The molecule has 1 aliphatic carbocycles. The molecule has 9 nitrogen and oxygen atoms in total. The van der Waals surface area contributed by atoms with E-state index in [4.69, 9.17) is 25.5 Å². The van der Waals surface area contributed by atoms with E-state index in [1.807, 2.05) is 26.0 Å². The van der Waals surface area contributed by atoms with Crippen LogP contribution in [0.15, 0.2) is 59.1 Å². The molecular formula is C33H37ClFN3O6S. The minimum atomic E-state index is -3.71. The number of benzene rings is 2. The van der Waals surface area contributed by atoms with Gasteiger partial charge in [-0.3, -0.25) is 9.10 Å². The monoisotopic (exact) mass is 657 g/mol. The summed E-state index contributed by atoms with van der Waals surface area (Å²) in [6, 6.07) is 12.9. The van der Waals surface area contributed by atoms with Crippen molar-refractivity contribution in [3.8, 4) is 11.3 Å². The van der Waals surface area contributed by atoms with Gasteiger partial charge in [0, 0.05) is 36.3 Å². The van der Waals surface area contributed by atoms with Gasteiger partial charge in [-0.15, -0.1) is 0 Å². The largest absolute Gasteiger partial charge is 0.455 e. The van der Waals surface area contributed by atoms with Crippen LogP contribution in [0, 0.1) is 5.82 Å². The first kappa shape index (κ1) is 32.9. The third-order valence-corrected chi connectivity index (χ3v) is 9.15. The highest BCUT2D eigenvalue weighted by atomic mass is 35.5. The molecule has 45 heavy (non-hydrogen) atoms. The SMILES string of the molecule is CCN(CC)C(=O)c1c(-c2ccc(F)cc2)oc2cc(N(CCOCCOCc3ccnc(Cl)c3)S(C)(=O)=O)c(C3CC3)cc12. The zero-order valence-corrected chi connectivity index (χ0v) is 27.2. The van der Waals surface area contributed by atoms with Gasteiger partial charge in [0.25, 0.3) is 5.91 Å². The number of carbonyl (C=O) groups excluding carboxylic acids is 1. The van der Waals surface area contributed by atoms with E-state index in [1.165, 1.54) is 16.4 Å². The summed E-state index contributed by atoms with van der Waals surface area (Å²) in [5, 5.41) is 0.999. The molecule has 0 saturated heterocycles. The molecule has 0 spiro atoms. The van der Waals surface area contributed by atoms with Gasteiger partial charge in [0.2, 0.25) is 10.0 Å². The van der Waals surface area contributed by atoms with E-state index in [1.54, 1.807) is 35.4 Å². The van der Waals surface area contributed by atoms with Crippen molar-refractivity contribution >= 4 is 44.2 Å². The van der Waals surface area contributed by atoms with Crippen LogP contribution in [0.2, 0.25) is 5.15 Å². The fourth-order valence-corrected chi connectivity index (χ4v) is 6.44. The molecule has 0 aliphatic heterocycles. The molecule has 240 valence electrons. The molecule has 2 aromatic carbocycles. The second-order valence-electron chi connectivity index (χ2n) is 11.0. The van der Waals surface area contributed by atoms with Crippen LogP contribution in [-0.4, -0.2) is 69.9 Å². The first-order valence-corrected chi connectivity index (χ1v) is 17.2. The van der Waals surface area contributed by atoms with Gasteiger partial charge in [-0.05, 0) is 86.2 Å². The summed E-state index contributed by atoms with van der Waals surface area (Å²) in [6.07, 6.45) is 4.60. The number of furan rings is 1. The molecule has 5 rings (SSSR count). The minimum Gasteiger partial charge on any atom is -0.455 e. The number of pyridine rings is 1. The number of hydrogen-bond donors (Lipinski definition) is 0. The van der Waals surface area contributed by atoms with Gasteiger partial charge in [-0.1, -0.05) is 11.6 Å². The topological polar surface area (TPSA) is 102 Å². The van der Waals surface area contributed by atoms with E-state index >= 15 is 0 Å². The fraction of sp³-hybridized carbons (Fsp3) is 0.394. The number of nitrogens with zero attached hydrogens (tertiary/aromatic N) is 3. The van der Waals surface area contributed by atoms with Crippen molar-refractivity contribution in [1.29, 1.82) is 0 Å². The first-order valence-electron chi connectivity index (χ1n) is 15.0. The zero-order valence-electron chi connectivity index (χ0n) is 25.6. The molecular weight excluding hydrogens is 621 g/mol. The molecule has 12 heteroatoms. The molecule has 1 fully saturated rings.